The fraction of sp³-hybridized carbons (Fsp3) is 0.333. The first-order valence-electron chi connectivity index (χ1n) is 5.22. The number of hydrogen-bond donors (Lipinski definition) is 0. The average molecular weight is 238 g/mol. The maximum Gasteiger partial charge on any atom is 0.259 e. The van der Waals surface area contributed by atoms with E-state index in [1.54, 1.807) is 6.92 Å². The van der Waals surface area contributed by atoms with Gasteiger partial charge in [0.15, 0.2) is 0 Å². The van der Waals surface area contributed by atoms with Crippen molar-refractivity contribution >= 4 is 5.91 Å². The summed E-state index contributed by atoms with van der Waals surface area (Å²) in [5, 5.41) is 8.44. The molecule has 0 aromatic heterocycles. The van der Waals surface area contributed by atoms with E-state index in [0.29, 0.717) is 6.54 Å². The maximum absolute atomic E-state index is 13.4. The number of benzene rings is 1. The molecule has 0 radical (unpaired) electrons. The van der Waals surface area contributed by atoms with E-state index in [4.69, 9.17) is 5.26 Å². The van der Waals surface area contributed by atoms with Crippen molar-refractivity contribution in [3.63, 3.8) is 0 Å². The highest BCUT2D eigenvalue weighted by Crippen LogP contribution is 2.14. The summed E-state index contributed by atoms with van der Waals surface area (Å²) in [5.41, 5.74) is -0.563. The lowest BCUT2D eigenvalue weighted by molar-refractivity contribution is 0.0758. The quantitative estimate of drug-likeness (QED) is 0.808. The molecule has 0 atom stereocenters. The monoisotopic (exact) mass is 238 g/mol. The summed E-state index contributed by atoms with van der Waals surface area (Å²) in [4.78, 5) is 13.1. The van der Waals surface area contributed by atoms with E-state index in [-0.39, 0.29) is 13.0 Å². The number of rotatable bonds is 4. The maximum atomic E-state index is 13.4. The Morgan fingerprint density at radius 3 is 2.47 bits per heavy atom. The first kappa shape index (κ1) is 13.1. The van der Waals surface area contributed by atoms with Crippen LogP contribution in [0.2, 0.25) is 0 Å². The van der Waals surface area contributed by atoms with Crippen LogP contribution in [-0.4, -0.2) is 23.9 Å². The van der Waals surface area contributed by atoms with Crippen LogP contribution >= 0.6 is 0 Å². The van der Waals surface area contributed by atoms with Crippen molar-refractivity contribution in [2.75, 3.05) is 13.1 Å². The fourth-order valence-corrected chi connectivity index (χ4v) is 1.45. The molecule has 1 amide bonds. The van der Waals surface area contributed by atoms with Gasteiger partial charge in [-0.3, -0.25) is 4.79 Å². The van der Waals surface area contributed by atoms with E-state index in [1.807, 2.05) is 6.07 Å². The number of carbonyl (C=O) groups excluding carboxylic acids is 1. The van der Waals surface area contributed by atoms with Gasteiger partial charge in [-0.2, -0.15) is 5.26 Å². The third-order valence-corrected chi connectivity index (χ3v) is 2.34. The van der Waals surface area contributed by atoms with Crippen molar-refractivity contribution in [2.24, 2.45) is 0 Å². The highest BCUT2D eigenvalue weighted by atomic mass is 19.1. The van der Waals surface area contributed by atoms with E-state index in [9.17, 15) is 13.6 Å². The van der Waals surface area contributed by atoms with Crippen LogP contribution in [0.15, 0.2) is 18.2 Å². The van der Waals surface area contributed by atoms with Crippen molar-refractivity contribution in [1.82, 2.24) is 4.90 Å². The second-order valence-electron chi connectivity index (χ2n) is 3.39. The predicted octanol–water partition coefficient (Wildman–Crippen LogP) is 2.34. The second-order valence-corrected chi connectivity index (χ2v) is 3.39. The van der Waals surface area contributed by atoms with Crippen molar-refractivity contribution in [1.29, 1.82) is 5.26 Å². The molecule has 0 aliphatic carbocycles. The zero-order valence-electron chi connectivity index (χ0n) is 9.41. The number of amides is 1. The first-order valence-corrected chi connectivity index (χ1v) is 5.22. The summed E-state index contributed by atoms with van der Waals surface area (Å²) in [7, 11) is 0. The smallest absolute Gasteiger partial charge is 0.259 e. The fourth-order valence-electron chi connectivity index (χ4n) is 1.45. The summed E-state index contributed by atoms with van der Waals surface area (Å²) in [5.74, 6) is -2.49. The van der Waals surface area contributed by atoms with E-state index in [0.717, 1.165) is 12.1 Å². The van der Waals surface area contributed by atoms with Crippen molar-refractivity contribution in [3.05, 3.63) is 35.4 Å². The van der Waals surface area contributed by atoms with Crippen LogP contribution in [0.3, 0.4) is 0 Å². The van der Waals surface area contributed by atoms with Crippen molar-refractivity contribution in [3.8, 4) is 6.07 Å². The number of nitriles is 1. The highest BCUT2D eigenvalue weighted by Gasteiger charge is 2.21. The summed E-state index contributed by atoms with van der Waals surface area (Å²) in [6.45, 7) is 2.15. The predicted molar refractivity (Wildman–Crippen MR) is 58.2 cm³/mol. The highest BCUT2D eigenvalue weighted by molar-refractivity contribution is 5.94. The van der Waals surface area contributed by atoms with Gasteiger partial charge in [0.2, 0.25) is 0 Å². The molecule has 5 heteroatoms. The molecular weight excluding hydrogens is 226 g/mol. The van der Waals surface area contributed by atoms with Gasteiger partial charge in [-0.1, -0.05) is 6.07 Å². The number of carbonyl (C=O) groups is 1. The molecule has 0 saturated heterocycles. The lowest BCUT2D eigenvalue weighted by Crippen LogP contribution is -2.33. The molecule has 0 unspecified atom stereocenters. The minimum Gasteiger partial charge on any atom is -0.338 e. The van der Waals surface area contributed by atoms with Crippen LogP contribution in [0.4, 0.5) is 8.78 Å². The van der Waals surface area contributed by atoms with Crippen molar-refractivity contribution < 1.29 is 13.6 Å². The zero-order valence-corrected chi connectivity index (χ0v) is 9.41. The van der Waals surface area contributed by atoms with Crippen LogP contribution in [0.25, 0.3) is 0 Å². The van der Waals surface area contributed by atoms with E-state index < -0.39 is 23.1 Å². The minimum atomic E-state index is -0.884. The largest absolute Gasteiger partial charge is 0.338 e. The third kappa shape index (κ3) is 3.00. The standard InChI is InChI=1S/C12H12F2N2O/c1-2-16(8-4-7-15)12(17)11-9(13)5-3-6-10(11)14/h3,5-6H,2,4,8H2,1H3. The Kier molecular flexibility index (Phi) is 4.58. The van der Waals surface area contributed by atoms with Gasteiger partial charge in [-0.25, -0.2) is 8.78 Å². The molecule has 3 nitrogen and oxygen atoms in total. The lowest BCUT2D eigenvalue weighted by Gasteiger charge is -2.19. The molecule has 0 spiro atoms. The summed E-state index contributed by atoms with van der Waals surface area (Å²) in [6, 6.07) is 5.16. The van der Waals surface area contributed by atoms with Gasteiger partial charge in [-0.05, 0) is 19.1 Å². The van der Waals surface area contributed by atoms with Crippen LogP contribution in [0, 0.1) is 23.0 Å². The summed E-state index contributed by atoms with van der Waals surface area (Å²) < 4.78 is 26.7. The van der Waals surface area contributed by atoms with Gasteiger partial charge in [0.05, 0.1) is 12.5 Å². The third-order valence-electron chi connectivity index (χ3n) is 2.34. The van der Waals surface area contributed by atoms with Gasteiger partial charge >= 0.3 is 0 Å². The zero-order chi connectivity index (χ0) is 12.8. The molecule has 90 valence electrons. The Hall–Kier alpha value is -1.96. The van der Waals surface area contributed by atoms with Gasteiger partial charge in [0.25, 0.3) is 5.91 Å². The molecule has 0 N–H and O–H groups in total. The topological polar surface area (TPSA) is 44.1 Å². The normalized spacial score (nSPS) is 9.76. The van der Waals surface area contributed by atoms with Crippen LogP contribution in [0.1, 0.15) is 23.7 Å². The molecule has 0 heterocycles. The van der Waals surface area contributed by atoms with Crippen LogP contribution in [0.5, 0.6) is 0 Å². The Bertz CT molecular complexity index is 434. The first-order chi connectivity index (χ1) is 8.11. The molecule has 1 aromatic carbocycles. The summed E-state index contributed by atoms with van der Waals surface area (Å²) >= 11 is 0. The Morgan fingerprint density at radius 2 is 2.00 bits per heavy atom. The molecule has 17 heavy (non-hydrogen) atoms. The van der Waals surface area contributed by atoms with Crippen molar-refractivity contribution in [2.45, 2.75) is 13.3 Å². The van der Waals surface area contributed by atoms with Gasteiger partial charge < -0.3 is 4.90 Å². The molecule has 1 rings (SSSR count). The second kappa shape index (κ2) is 5.94. The Labute approximate surface area is 98.3 Å². The van der Waals surface area contributed by atoms with Gasteiger partial charge in [0.1, 0.15) is 17.2 Å². The molecule has 0 aliphatic rings. The van der Waals surface area contributed by atoms with Gasteiger partial charge in [-0.15, -0.1) is 0 Å². The molecule has 1 aromatic rings. The van der Waals surface area contributed by atoms with E-state index >= 15 is 0 Å². The van der Waals surface area contributed by atoms with E-state index in [2.05, 4.69) is 0 Å². The average Bonchev–Trinajstić information content (AvgIpc) is 2.30. The molecule has 0 bridgehead atoms. The lowest BCUT2D eigenvalue weighted by atomic mass is 10.1. The Morgan fingerprint density at radius 1 is 1.41 bits per heavy atom. The molecular formula is C12H12F2N2O. The number of nitrogens with zero attached hydrogens (tertiary/aromatic N) is 2. The van der Waals surface area contributed by atoms with Crippen LogP contribution in [-0.2, 0) is 0 Å². The number of halogens is 2. The SMILES string of the molecule is CCN(CCC#N)C(=O)c1c(F)cccc1F. The minimum absolute atomic E-state index is 0.135. The number of hydrogen-bond acceptors (Lipinski definition) is 2. The molecule has 0 fully saturated rings. The van der Waals surface area contributed by atoms with Crippen LogP contribution < -0.4 is 0 Å². The molecule has 0 saturated carbocycles. The van der Waals surface area contributed by atoms with E-state index in [1.165, 1.54) is 11.0 Å². The molecule has 0 aliphatic heterocycles. The summed E-state index contributed by atoms with van der Waals surface area (Å²) in [6.07, 6.45) is 0.135. The van der Waals surface area contributed by atoms with Gasteiger partial charge in [0, 0.05) is 13.1 Å². The Balaban J connectivity index is 2.98.